The second-order valence-electron chi connectivity index (χ2n) is 4.40. The van der Waals surface area contributed by atoms with Gasteiger partial charge in [-0.15, -0.1) is 0 Å². The summed E-state index contributed by atoms with van der Waals surface area (Å²) in [5.41, 5.74) is 0. The summed E-state index contributed by atoms with van der Waals surface area (Å²) < 4.78 is 1.16. The molecule has 0 saturated carbocycles. The third-order valence-electron chi connectivity index (χ3n) is 2.87. The van der Waals surface area contributed by atoms with Crippen molar-refractivity contribution < 1.29 is 0 Å². The lowest BCUT2D eigenvalue weighted by Crippen LogP contribution is -1.80. The predicted octanol–water partition coefficient (Wildman–Crippen LogP) is 6.75. The van der Waals surface area contributed by atoms with E-state index in [0.717, 1.165) is 4.47 Å². The van der Waals surface area contributed by atoms with Crippen LogP contribution in [0.3, 0.4) is 0 Å². The van der Waals surface area contributed by atoms with Gasteiger partial charge in [0.15, 0.2) is 0 Å². The predicted molar refractivity (Wildman–Crippen MR) is 95.3 cm³/mol. The zero-order valence-electron chi connectivity index (χ0n) is 11.2. The Balaban J connectivity index is 1.85. The van der Waals surface area contributed by atoms with Crippen molar-refractivity contribution >= 4 is 39.5 Å². The SMILES string of the molecule is Brc1c(Sc2ccccc2)cccc1Sc1ccccc1. The number of hydrogen-bond donors (Lipinski definition) is 0. The number of benzene rings is 3. The van der Waals surface area contributed by atoms with Crippen LogP contribution in [0, 0.1) is 0 Å². The molecular formula is C18H13BrS2. The zero-order valence-corrected chi connectivity index (χ0v) is 14.4. The molecule has 0 heterocycles. The monoisotopic (exact) mass is 372 g/mol. The van der Waals surface area contributed by atoms with Crippen molar-refractivity contribution in [1.29, 1.82) is 0 Å². The van der Waals surface area contributed by atoms with E-state index in [1.807, 2.05) is 12.1 Å². The van der Waals surface area contributed by atoms with Crippen molar-refractivity contribution in [1.82, 2.24) is 0 Å². The molecular weight excluding hydrogens is 360 g/mol. The van der Waals surface area contributed by atoms with Crippen LogP contribution >= 0.6 is 39.5 Å². The Morgan fingerprint density at radius 2 is 0.952 bits per heavy atom. The molecule has 0 amide bonds. The average Bonchev–Trinajstić information content (AvgIpc) is 2.53. The van der Waals surface area contributed by atoms with Gasteiger partial charge < -0.3 is 0 Å². The summed E-state index contributed by atoms with van der Waals surface area (Å²) in [5.74, 6) is 0. The molecule has 0 saturated heterocycles. The van der Waals surface area contributed by atoms with Gasteiger partial charge >= 0.3 is 0 Å². The van der Waals surface area contributed by atoms with Gasteiger partial charge in [-0.1, -0.05) is 66.0 Å². The molecule has 0 aliphatic rings. The molecule has 0 aliphatic carbocycles. The normalized spacial score (nSPS) is 10.5. The van der Waals surface area contributed by atoms with E-state index in [0.29, 0.717) is 0 Å². The van der Waals surface area contributed by atoms with Gasteiger partial charge in [-0.05, 0) is 52.3 Å². The molecule has 3 aromatic carbocycles. The third-order valence-corrected chi connectivity index (χ3v) is 6.39. The molecule has 0 unspecified atom stereocenters. The summed E-state index contributed by atoms with van der Waals surface area (Å²) in [7, 11) is 0. The first kappa shape index (κ1) is 14.8. The van der Waals surface area contributed by atoms with Crippen molar-refractivity contribution in [2.75, 3.05) is 0 Å². The van der Waals surface area contributed by atoms with Crippen LogP contribution in [0.15, 0.2) is 103 Å². The molecule has 0 spiro atoms. The van der Waals surface area contributed by atoms with Crippen molar-refractivity contribution in [3.05, 3.63) is 83.3 Å². The fourth-order valence-electron chi connectivity index (χ4n) is 1.88. The summed E-state index contributed by atoms with van der Waals surface area (Å²) in [6.07, 6.45) is 0. The van der Waals surface area contributed by atoms with Crippen LogP contribution in [0.4, 0.5) is 0 Å². The van der Waals surface area contributed by atoms with Crippen molar-refractivity contribution in [2.24, 2.45) is 0 Å². The standard InChI is InChI=1S/C18H13BrS2/c19-18-16(20-14-8-3-1-4-9-14)12-7-13-17(18)21-15-10-5-2-6-11-15/h1-13H. The summed E-state index contributed by atoms with van der Waals surface area (Å²) in [4.78, 5) is 4.98. The Morgan fingerprint density at radius 3 is 1.38 bits per heavy atom. The molecule has 0 radical (unpaired) electrons. The van der Waals surface area contributed by atoms with Crippen molar-refractivity contribution in [3.63, 3.8) is 0 Å². The third kappa shape index (κ3) is 3.94. The lowest BCUT2D eigenvalue weighted by atomic mass is 10.4. The van der Waals surface area contributed by atoms with E-state index in [2.05, 4.69) is 82.7 Å². The lowest BCUT2D eigenvalue weighted by molar-refractivity contribution is 1.26. The van der Waals surface area contributed by atoms with Crippen LogP contribution in [-0.2, 0) is 0 Å². The molecule has 0 bridgehead atoms. The zero-order chi connectivity index (χ0) is 14.5. The highest BCUT2D eigenvalue weighted by molar-refractivity contribution is 9.10. The Bertz CT molecular complexity index is 652. The average molecular weight is 373 g/mol. The molecule has 0 aliphatic heterocycles. The number of hydrogen-bond acceptors (Lipinski definition) is 2. The maximum Gasteiger partial charge on any atom is 0.0454 e. The maximum atomic E-state index is 3.75. The van der Waals surface area contributed by atoms with Gasteiger partial charge in [0.1, 0.15) is 0 Å². The van der Waals surface area contributed by atoms with Crippen LogP contribution in [0.5, 0.6) is 0 Å². The van der Waals surface area contributed by atoms with Crippen LogP contribution in [0.2, 0.25) is 0 Å². The number of halogens is 1. The Morgan fingerprint density at radius 1 is 0.524 bits per heavy atom. The molecule has 3 heteroatoms. The lowest BCUT2D eigenvalue weighted by Gasteiger charge is -2.09. The van der Waals surface area contributed by atoms with Gasteiger partial charge in [0.05, 0.1) is 0 Å². The maximum absolute atomic E-state index is 3.75. The van der Waals surface area contributed by atoms with Gasteiger partial charge in [-0.25, -0.2) is 0 Å². The molecule has 0 N–H and O–H groups in total. The smallest absolute Gasteiger partial charge is 0.0454 e. The van der Waals surface area contributed by atoms with E-state index in [4.69, 9.17) is 0 Å². The minimum atomic E-state index is 1.16. The summed E-state index contributed by atoms with van der Waals surface area (Å²) in [5, 5.41) is 0. The fraction of sp³-hybridized carbons (Fsp3) is 0. The fourth-order valence-corrected chi connectivity index (χ4v) is 4.48. The molecule has 0 atom stereocenters. The molecule has 0 nitrogen and oxygen atoms in total. The highest BCUT2D eigenvalue weighted by Gasteiger charge is 2.08. The van der Waals surface area contributed by atoms with Crippen LogP contribution in [0.1, 0.15) is 0 Å². The topological polar surface area (TPSA) is 0 Å². The van der Waals surface area contributed by atoms with E-state index >= 15 is 0 Å². The second kappa shape index (κ2) is 7.21. The molecule has 104 valence electrons. The number of rotatable bonds is 4. The Hall–Kier alpha value is -1.16. The molecule has 3 rings (SSSR count). The molecule has 0 aromatic heterocycles. The van der Waals surface area contributed by atoms with Crippen molar-refractivity contribution in [3.8, 4) is 0 Å². The summed E-state index contributed by atoms with van der Waals surface area (Å²) in [6.45, 7) is 0. The van der Waals surface area contributed by atoms with E-state index in [1.165, 1.54) is 19.6 Å². The summed E-state index contributed by atoms with van der Waals surface area (Å²) >= 11 is 7.31. The van der Waals surface area contributed by atoms with Crippen molar-refractivity contribution in [2.45, 2.75) is 19.6 Å². The molecule has 3 aromatic rings. The van der Waals surface area contributed by atoms with Crippen LogP contribution < -0.4 is 0 Å². The largest absolute Gasteiger partial charge is 0.0889 e. The summed E-state index contributed by atoms with van der Waals surface area (Å²) in [6, 6.07) is 27.3. The van der Waals surface area contributed by atoms with Gasteiger partial charge in [-0.3, -0.25) is 0 Å². The van der Waals surface area contributed by atoms with E-state index in [-0.39, 0.29) is 0 Å². The minimum Gasteiger partial charge on any atom is -0.0889 e. The first-order valence-corrected chi connectivity index (χ1v) is 9.00. The van der Waals surface area contributed by atoms with E-state index in [9.17, 15) is 0 Å². The second-order valence-corrected chi connectivity index (χ2v) is 7.42. The highest BCUT2D eigenvalue weighted by Crippen LogP contribution is 2.40. The highest BCUT2D eigenvalue weighted by atomic mass is 79.9. The van der Waals surface area contributed by atoms with Gasteiger partial charge in [0, 0.05) is 24.1 Å². The van der Waals surface area contributed by atoms with E-state index < -0.39 is 0 Å². The van der Waals surface area contributed by atoms with Gasteiger partial charge in [-0.2, -0.15) is 0 Å². The van der Waals surface area contributed by atoms with E-state index in [1.54, 1.807) is 23.5 Å². The first-order valence-electron chi connectivity index (χ1n) is 6.57. The minimum absolute atomic E-state index is 1.16. The Labute approximate surface area is 142 Å². The Kier molecular flexibility index (Phi) is 5.07. The van der Waals surface area contributed by atoms with Crippen LogP contribution in [0.25, 0.3) is 0 Å². The first-order chi connectivity index (χ1) is 10.3. The molecule has 0 fully saturated rings. The van der Waals surface area contributed by atoms with Crippen LogP contribution in [-0.4, -0.2) is 0 Å². The van der Waals surface area contributed by atoms with Gasteiger partial charge in [0.2, 0.25) is 0 Å². The quantitative estimate of drug-likeness (QED) is 0.496. The van der Waals surface area contributed by atoms with Gasteiger partial charge in [0.25, 0.3) is 0 Å². The molecule has 21 heavy (non-hydrogen) atoms.